The summed E-state index contributed by atoms with van der Waals surface area (Å²) in [5, 5.41) is -0.00226. The van der Waals surface area contributed by atoms with E-state index in [1.54, 1.807) is 18.2 Å². The molecule has 0 aliphatic rings. The van der Waals surface area contributed by atoms with Gasteiger partial charge in [-0.2, -0.15) is 0 Å². The SMILES string of the molecule is C=CC(C)(C)c1c(OC(C)=O)c(OC)c(OC(C)=O)c2c(=O)cc(-c3ccccc3)oc12. The van der Waals surface area contributed by atoms with Crippen molar-refractivity contribution >= 4 is 22.9 Å². The molecule has 32 heavy (non-hydrogen) atoms. The molecular formula is C25H24O7. The second-order valence-corrected chi connectivity index (χ2v) is 7.72. The molecule has 0 aliphatic heterocycles. The molecule has 3 rings (SSSR count). The van der Waals surface area contributed by atoms with Crippen molar-refractivity contribution in [3.05, 3.63) is 64.8 Å². The molecule has 0 radical (unpaired) electrons. The van der Waals surface area contributed by atoms with Crippen molar-refractivity contribution in [1.29, 1.82) is 0 Å². The molecule has 166 valence electrons. The zero-order chi connectivity index (χ0) is 23.6. The molecule has 0 saturated heterocycles. The average Bonchev–Trinajstić information content (AvgIpc) is 2.73. The standard InChI is InChI=1S/C25H24O7/c1-7-25(4,5)20-21-19(17(28)13-18(32-21)16-11-9-8-10-12-16)22(30-14(2)26)24(29-6)23(20)31-15(3)27/h7-13H,1H2,2-6H3. The van der Waals surface area contributed by atoms with Crippen LogP contribution >= 0.6 is 0 Å². The van der Waals surface area contributed by atoms with Gasteiger partial charge in [-0.25, -0.2) is 0 Å². The van der Waals surface area contributed by atoms with Gasteiger partial charge in [-0.1, -0.05) is 50.3 Å². The van der Waals surface area contributed by atoms with Crippen LogP contribution in [0.1, 0.15) is 33.3 Å². The van der Waals surface area contributed by atoms with Crippen LogP contribution in [-0.4, -0.2) is 19.0 Å². The number of hydrogen-bond donors (Lipinski definition) is 0. The molecule has 7 heteroatoms. The monoisotopic (exact) mass is 436 g/mol. The van der Waals surface area contributed by atoms with Crippen molar-refractivity contribution in [3.8, 4) is 28.6 Å². The molecule has 0 saturated carbocycles. The second-order valence-electron chi connectivity index (χ2n) is 7.72. The summed E-state index contributed by atoms with van der Waals surface area (Å²) in [6.07, 6.45) is 1.63. The number of esters is 2. The third kappa shape index (κ3) is 4.14. The zero-order valence-electron chi connectivity index (χ0n) is 18.6. The number of benzene rings is 2. The van der Waals surface area contributed by atoms with E-state index in [2.05, 4.69) is 6.58 Å². The predicted octanol–water partition coefficient (Wildman–Crippen LogP) is 4.78. The lowest BCUT2D eigenvalue weighted by atomic mass is 9.82. The molecule has 1 heterocycles. The number of fused-ring (bicyclic) bond motifs is 1. The molecule has 2 aromatic carbocycles. The first kappa shape index (κ1) is 22.8. The summed E-state index contributed by atoms with van der Waals surface area (Å²) >= 11 is 0. The topological polar surface area (TPSA) is 92.0 Å². The van der Waals surface area contributed by atoms with Gasteiger partial charge < -0.3 is 18.6 Å². The van der Waals surface area contributed by atoms with E-state index >= 15 is 0 Å². The Morgan fingerprint density at radius 2 is 1.59 bits per heavy atom. The first-order valence-corrected chi connectivity index (χ1v) is 9.88. The van der Waals surface area contributed by atoms with Crippen LogP contribution in [0.4, 0.5) is 0 Å². The van der Waals surface area contributed by atoms with Crippen LogP contribution in [-0.2, 0) is 15.0 Å². The van der Waals surface area contributed by atoms with E-state index in [0.717, 1.165) is 0 Å². The Bertz CT molecular complexity index is 1270. The van der Waals surface area contributed by atoms with Crippen LogP contribution in [0.3, 0.4) is 0 Å². The van der Waals surface area contributed by atoms with Crippen molar-refractivity contribution in [1.82, 2.24) is 0 Å². The van der Waals surface area contributed by atoms with Crippen molar-refractivity contribution in [2.75, 3.05) is 7.11 Å². The van der Waals surface area contributed by atoms with Crippen molar-refractivity contribution in [3.63, 3.8) is 0 Å². The van der Waals surface area contributed by atoms with Crippen molar-refractivity contribution in [2.24, 2.45) is 0 Å². The second kappa shape index (κ2) is 8.70. The summed E-state index contributed by atoms with van der Waals surface area (Å²) in [6, 6.07) is 10.4. The lowest BCUT2D eigenvalue weighted by molar-refractivity contribution is -0.132. The van der Waals surface area contributed by atoms with Crippen molar-refractivity contribution in [2.45, 2.75) is 33.1 Å². The molecule has 7 nitrogen and oxygen atoms in total. The molecule has 0 aliphatic carbocycles. The lowest BCUT2D eigenvalue weighted by Gasteiger charge is -2.27. The van der Waals surface area contributed by atoms with Gasteiger partial charge >= 0.3 is 11.9 Å². The summed E-state index contributed by atoms with van der Waals surface area (Å²) in [7, 11) is 1.33. The summed E-state index contributed by atoms with van der Waals surface area (Å²) in [4.78, 5) is 37.1. The molecule has 0 spiro atoms. The number of ether oxygens (including phenoxy) is 3. The maximum absolute atomic E-state index is 13.3. The zero-order valence-corrected chi connectivity index (χ0v) is 18.6. The van der Waals surface area contributed by atoms with Crippen LogP contribution in [0.2, 0.25) is 0 Å². The molecule has 0 atom stereocenters. The predicted molar refractivity (Wildman–Crippen MR) is 120 cm³/mol. The summed E-state index contributed by atoms with van der Waals surface area (Å²) in [5.74, 6) is -1.26. The molecule has 1 aromatic heterocycles. The van der Waals surface area contributed by atoms with E-state index < -0.39 is 22.8 Å². The third-order valence-electron chi connectivity index (χ3n) is 4.95. The van der Waals surface area contributed by atoms with Gasteiger partial charge in [0.25, 0.3) is 0 Å². The van der Waals surface area contributed by atoms with Gasteiger partial charge in [0.15, 0.2) is 22.5 Å². The highest BCUT2D eigenvalue weighted by atomic mass is 16.6. The van der Waals surface area contributed by atoms with Gasteiger partial charge in [0, 0.05) is 30.9 Å². The number of hydrogen-bond acceptors (Lipinski definition) is 7. The fourth-order valence-corrected chi connectivity index (χ4v) is 3.42. The Hall–Kier alpha value is -3.87. The van der Waals surface area contributed by atoms with Crippen LogP contribution in [0, 0.1) is 0 Å². The van der Waals surface area contributed by atoms with Crippen LogP contribution in [0.25, 0.3) is 22.3 Å². The minimum Gasteiger partial charge on any atom is -0.490 e. The highest BCUT2D eigenvalue weighted by Gasteiger charge is 2.35. The van der Waals surface area contributed by atoms with Gasteiger partial charge in [0.1, 0.15) is 11.1 Å². The first-order chi connectivity index (χ1) is 15.1. The number of methoxy groups -OCH3 is 1. The van der Waals surface area contributed by atoms with Gasteiger partial charge in [-0.3, -0.25) is 14.4 Å². The Morgan fingerprint density at radius 3 is 2.12 bits per heavy atom. The molecule has 3 aromatic rings. The minimum absolute atomic E-state index is 0.00226. The number of allylic oxidation sites excluding steroid dienone is 1. The Labute approximate surface area is 185 Å². The average molecular weight is 436 g/mol. The van der Waals surface area contributed by atoms with E-state index in [0.29, 0.717) is 16.9 Å². The first-order valence-electron chi connectivity index (χ1n) is 9.88. The van der Waals surface area contributed by atoms with Crippen LogP contribution < -0.4 is 19.6 Å². The highest BCUT2D eigenvalue weighted by Crippen LogP contribution is 2.50. The van der Waals surface area contributed by atoms with Gasteiger partial charge in [-0.15, -0.1) is 6.58 Å². The number of rotatable bonds is 6. The number of carbonyl (C=O) groups excluding carboxylic acids is 2. The van der Waals surface area contributed by atoms with Crippen LogP contribution in [0.5, 0.6) is 17.2 Å². The third-order valence-corrected chi connectivity index (χ3v) is 4.95. The molecule has 0 bridgehead atoms. The summed E-state index contributed by atoms with van der Waals surface area (Å²) in [6.45, 7) is 9.95. The maximum Gasteiger partial charge on any atom is 0.308 e. The van der Waals surface area contributed by atoms with Crippen molar-refractivity contribution < 1.29 is 28.2 Å². The van der Waals surface area contributed by atoms with E-state index in [9.17, 15) is 14.4 Å². The Balaban J connectivity index is 2.61. The molecule has 0 fully saturated rings. The Kier molecular flexibility index (Phi) is 6.20. The van der Waals surface area contributed by atoms with Gasteiger partial charge in [0.05, 0.1) is 12.7 Å². The largest absolute Gasteiger partial charge is 0.490 e. The lowest BCUT2D eigenvalue weighted by Crippen LogP contribution is -2.20. The van der Waals surface area contributed by atoms with E-state index in [1.807, 2.05) is 32.0 Å². The fraction of sp³-hybridized carbons (Fsp3) is 0.240. The van der Waals surface area contributed by atoms with Gasteiger partial charge in [-0.05, 0) is 0 Å². The Morgan fingerprint density at radius 1 is 1.00 bits per heavy atom. The fourth-order valence-electron chi connectivity index (χ4n) is 3.42. The number of carbonyl (C=O) groups is 2. The molecule has 0 unspecified atom stereocenters. The molecule has 0 amide bonds. The summed E-state index contributed by atoms with van der Waals surface area (Å²) < 4.78 is 22.5. The molecule has 0 N–H and O–H groups in total. The normalized spacial score (nSPS) is 11.2. The van der Waals surface area contributed by atoms with E-state index in [-0.39, 0.29) is 28.2 Å². The summed E-state index contributed by atoms with van der Waals surface area (Å²) in [5.41, 5.74) is -0.131. The molecular weight excluding hydrogens is 412 g/mol. The van der Waals surface area contributed by atoms with Gasteiger partial charge in [0.2, 0.25) is 5.75 Å². The van der Waals surface area contributed by atoms with E-state index in [4.69, 9.17) is 18.6 Å². The minimum atomic E-state index is -0.823. The van der Waals surface area contributed by atoms with E-state index in [1.165, 1.54) is 27.0 Å². The maximum atomic E-state index is 13.3. The smallest absolute Gasteiger partial charge is 0.308 e. The van der Waals surface area contributed by atoms with Crippen LogP contribution in [0.15, 0.2) is 58.3 Å². The quantitative estimate of drug-likeness (QED) is 0.312. The highest BCUT2D eigenvalue weighted by molar-refractivity contribution is 5.96.